The molecule has 5 nitrogen and oxygen atoms in total. The van der Waals surface area contributed by atoms with E-state index in [1.165, 1.54) is 18.2 Å². The molecule has 0 N–H and O–H groups in total. The Labute approximate surface area is 131 Å². The van der Waals surface area contributed by atoms with Gasteiger partial charge in [-0.05, 0) is 32.4 Å². The van der Waals surface area contributed by atoms with Gasteiger partial charge in [-0.3, -0.25) is 9.10 Å². The predicted molar refractivity (Wildman–Crippen MR) is 85.8 cm³/mol. The number of hydrogen-bond donors (Lipinski definition) is 0. The fourth-order valence-corrected chi connectivity index (χ4v) is 3.19. The van der Waals surface area contributed by atoms with Crippen LogP contribution in [-0.2, 0) is 14.8 Å². The maximum atomic E-state index is 13.8. The van der Waals surface area contributed by atoms with Gasteiger partial charge in [-0.1, -0.05) is 12.1 Å². The number of benzene rings is 1. The standard InChI is InChI=1S/C15H23FN2O3S/c1-4-17(5-2)15(19)11-8-12-18(22(3,20)21)14-10-7-6-9-13(14)16/h6-7,9-10H,4-5,8,11-12H2,1-3H3. The monoisotopic (exact) mass is 330 g/mol. The lowest BCUT2D eigenvalue weighted by molar-refractivity contribution is -0.130. The number of para-hydroxylation sites is 1. The Morgan fingerprint density at radius 3 is 2.27 bits per heavy atom. The van der Waals surface area contributed by atoms with Gasteiger partial charge >= 0.3 is 0 Å². The number of rotatable bonds is 8. The average Bonchev–Trinajstić information content (AvgIpc) is 2.45. The van der Waals surface area contributed by atoms with E-state index in [4.69, 9.17) is 0 Å². The fourth-order valence-electron chi connectivity index (χ4n) is 2.23. The van der Waals surface area contributed by atoms with Crippen molar-refractivity contribution in [3.63, 3.8) is 0 Å². The Morgan fingerprint density at radius 2 is 1.77 bits per heavy atom. The molecule has 0 fully saturated rings. The molecular weight excluding hydrogens is 307 g/mol. The molecule has 124 valence electrons. The Balaban J connectivity index is 2.78. The van der Waals surface area contributed by atoms with Gasteiger partial charge in [0.15, 0.2) is 0 Å². The van der Waals surface area contributed by atoms with Gasteiger partial charge in [0.1, 0.15) is 5.82 Å². The molecule has 0 spiro atoms. The van der Waals surface area contributed by atoms with E-state index >= 15 is 0 Å². The van der Waals surface area contributed by atoms with E-state index in [2.05, 4.69) is 0 Å². The summed E-state index contributed by atoms with van der Waals surface area (Å²) < 4.78 is 38.6. The van der Waals surface area contributed by atoms with Crippen molar-refractivity contribution in [2.45, 2.75) is 26.7 Å². The molecule has 0 aliphatic rings. The van der Waals surface area contributed by atoms with Gasteiger partial charge in [0.05, 0.1) is 11.9 Å². The topological polar surface area (TPSA) is 57.7 Å². The number of carbonyl (C=O) groups is 1. The lowest BCUT2D eigenvalue weighted by Gasteiger charge is -2.23. The molecule has 0 saturated heterocycles. The van der Waals surface area contributed by atoms with Crippen molar-refractivity contribution in [2.75, 3.05) is 30.2 Å². The molecule has 0 unspecified atom stereocenters. The summed E-state index contributed by atoms with van der Waals surface area (Å²) in [7, 11) is -3.60. The van der Waals surface area contributed by atoms with E-state index in [9.17, 15) is 17.6 Å². The Bertz CT molecular complexity index is 601. The largest absolute Gasteiger partial charge is 0.343 e. The zero-order chi connectivity index (χ0) is 16.8. The molecule has 0 aliphatic carbocycles. The minimum absolute atomic E-state index is 0.0142. The third-order valence-corrected chi connectivity index (χ3v) is 4.57. The number of sulfonamides is 1. The lowest BCUT2D eigenvalue weighted by Crippen LogP contribution is -2.34. The second kappa shape index (κ2) is 8.12. The van der Waals surface area contributed by atoms with Crippen LogP contribution in [-0.4, -0.2) is 45.1 Å². The van der Waals surface area contributed by atoms with E-state index in [0.717, 1.165) is 10.6 Å². The summed E-state index contributed by atoms with van der Waals surface area (Å²) in [5, 5.41) is 0. The highest BCUT2D eigenvalue weighted by molar-refractivity contribution is 7.92. The van der Waals surface area contributed by atoms with Crippen LogP contribution in [0.5, 0.6) is 0 Å². The Morgan fingerprint density at radius 1 is 1.18 bits per heavy atom. The van der Waals surface area contributed by atoms with Crippen LogP contribution in [0.3, 0.4) is 0 Å². The van der Waals surface area contributed by atoms with Crippen LogP contribution in [0, 0.1) is 5.82 Å². The first-order chi connectivity index (χ1) is 10.3. The van der Waals surface area contributed by atoms with Crippen LogP contribution in [0.2, 0.25) is 0 Å². The van der Waals surface area contributed by atoms with E-state index in [0.29, 0.717) is 19.5 Å². The van der Waals surface area contributed by atoms with E-state index in [1.54, 1.807) is 11.0 Å². The molecule has 1 aromatic carbocycles. The summed E-state index contributed by atoms with van der Waals surface area (Å²) in [6, 6.07) is 5.72. The van der Waals surface area contributed by atoms with E-state index < -0.39 is 15.8 Å². The second-order valence-corrected chi connectivity index (χ2v) is 6.86. The number of nitrogens with zero attached hydrogens (tertiary/aromatic N) is 2. The van der Waals surface area contributed by atoms with Crippen LogP contribution in [0.15, 0.2) is 24.3 Å². The highest BCUT2D eigenvalue weighted by atomic mass is 32.2. The van der Waals surface area contributed by atoms with E-state index in [-0.39, 0.29) is 24.6 Å². The third-order valence-electron chi connectivity index (χ3n) is 3.39. The number of carbonyl (C=O) groups excluding carboxylic acids is 1. The lowest BCUT2D eigenvalue weighted by atomic mass is 10.2. The van der Waals surface area contributed by atoms with Gasteiger partial charge in [-0.15, -0.1) is 0 Å². The molecule has 0 saturated carbocycles. The number of hydrogen-bond acceptors (Lipinski definition) is 3. The third kappa shape index (κ3) is 4.98. The Hall–Kier alpha value is -1.63. The smallest absolute Gasteiger partial charge is 0.232 e. The van der Waals surface area contributed by atoms with Crippen molar-refractivity contribution in [3.8, 4) is 0 Å². The molecule has 0 atom stereocenters. The SMILES string of the molecule is CCN(CC)C(=O)CCCN(c1ccccc1F)S(C)(=O)=O. The molecule has 0 aliphatic heterocycles. The van der Waals surface area contributed by atoms with Crippen molar-refractivity contribution in [1.29, 1.82) is 0 Å². The quantitative estimate of drug-likeness (QED) is 0.734. The minimum Gasteiger partial charge on any atom is -0.343 e. The first kappa shape index (κ1) is 18.4. The van der Waals surface area contributed by atoms with Crippen molar-refractivity contribution in [1.82, 2.24) is 4.90 Å². The minimum atomic E-state index is -3.60. The van der Waals surface area contributed by atoms with Gasteiger partial charge in [0.25, 0.3) is 0 Å². The zero-order valence-corrected chi connectivity index (χ0v) is 14.1. The number of anilines is 1. The summed E-state index contributed by atoms with van der Waals surface area (Å²) in [5.74, 6) is -0.616. The molecule has 1 aromatic rings. The molecule has 22 heavy (non-hydrogen) atoms. The molecule has 1 rings (SSSR count). The van der Waals surface area contributed by atoms with Gasteiger partial charge in [0.2, 0.25) is 15.9 Å². The van der Waals surface area contributed by atoms with Gasteiger partial charge in [-0.25, -0.2) is 12.8 Å². The summed E-state index contributed by atoms with van der Waals surface area (Å²) in [6.45, 7) is 5.11. The van der Waals surface area contributed by atoms with Crippen LogP contribution >= 0.6 is 0 Å². The van der Waals surface area contributed by atoms with Crippen molar-refractivity contribution < 1.29 is 17.6 Å². The van der Waals surface area contributed by atoms with Crippen molar-refractivity contribution in [2.24, 2.45) is 0 Å². The molecule has 0 bridgehead atoms. The maximum Gasteiger partial charge on any atom is 0.232 e. The Kier molecular flexibility index (Phi) is 6.80. The highest BCUT2D eigenvalue weighted by Crippen LogP contribution is 2.21. The van der Waals surface area contributed by atoms with Gasteiger partial charge in [0, 0.05) is 26.1 Å². The van der Waals surface area contributed by atoms with Gasteiger partial charge in [-0.2, -0.15) is 0 Å². The van der Waals surface area contributed by atoms with Crippen LogP contribution in [0.4, 0.5) is 10.1 Å². The summed E-state index contributed by atoms with van der Waals surface area (Å²) >= 11 is 0. The second-order valence-electron chi connectivity index (χ2n) is 4.96. The molecule has 0 heterocycles. The zero-order valence-electron chi connectivity index (χ0n) is 13.3. The van der Waals surface area contributed by atoms with Crippen LogP contribution in [0.25, 0.3) is 0 Å². The van der Waals surface area contributed by atoms with Crippen LogP contribution in [0.1, 0.15) is 26.7 Å². The van der Waals surface area contributed by atoms with Crippen molar-refractivity contribution >= 4 is 21.6 Å². The number of halogens is 1. The maximum absolute atomic E-state index is 13.8. The molecule has 1 amide bonds. The first-order valence-electron chi connectivity index (χ1n) is 7.31. The number of amides is 1. The normalized spacial score (nSPS) is 11.3. The summed E-state index contributed by atoms with van der Waals surface area (Å²) in [5.41, 5.74) is 0.0142. The first-order valence-corrected chi connectivity index (χ1v) is 9.16. The van der Waals surface area contributed by atoms with Crippen molar-refractivity contribution in [3.05, 3.63) is 30.1 Å². The summed E-state index contributed by atoms with van der Waals surface area (Å²) in [4.78, 5) is 13.6. The molecular formula is C15H23FN2O3S. The molecule has 0 aromatic heterocycles. The fraction of sp³-hybridized carbons (Fsp3) is 0.533. The highest BCUT2D eigenvalue weighted by Gasteiger charge is 2.20. The van der Waals surface area contributed by atoms with E-state index in [1.807, 2.05) is 13.8 Å². The summed E-state index contributed by atoms with van der Waals surface area (Å²) in [6.07, 6.45) is 1.62. The average molecular weight is 330 g/mol. The van der Waals surface area contributed by atoms with Crippen LogP contribution < -0.4 is 4.31 Å². The van der Waals surface area contributed by atoms with Gasteiger partial charge < -0.3 is 4.90 Å². The molecule has 7 heteroatoms. The predicted octanol–water partition coefficient (Wildman–Crippen LogP) is 2.24. The molecule has 0 radical (unpaired) electrons.